The Kier molecular flexibility index (Phi) is 8.53. The Hall–Kier alpha value is -0.380. The Morgan fingerprint density at radius 1 is 1.19 bits per heavy atom. The lowest BCUT2D eigenvalue weighted by Gasteiger charge is -2.39. The average Bonchev–Trinajstić information content (AvgIpc) is 2.48. The highest BCUT2D eigenvalue weighted by molar-refractivity contribution is 8.00. The van der Waals surface area contributed by atoms with Crippen molar-refractivity contribution in [3.8, 4) is 0 Å². The molecule has 0 aromatic rings. The standard InChI is InChI=1S/C13H26N2O5S/c1-2-3-4-5-15-9(14)7-21-13-12(19)11(18)10(17)8(6-16)20-13/h8,10-13,16-19H,2-7H2,1H3,(H2,14,15)/t8?,10-,11-,12-,13?/m0/s1. The van der Waals surface area contributed by atoms with Gasteiger partial charge in [0.15, 0.2) is 0 Å². The van der Waals surface area contributed by atoms with Crippen LogP contribution in [-0.2, 0) is 4.74 Å². The monoisotopic (exact) mass is 322 g/mol. The molecule has 0 aromatic carbocycles. The summed E-state index contributed by atoms with van der Waals surface area (Å²) in [6.45, 7) is 2.36. The van der Waals surface area contributed by atoms with Crippen molar-refractivity contribution in [2.45, 2.75) is 56.0 Å². The smallest absolute Gasteiger partial charge is 0.132 e. The van der Waals surface area contributed by atoms with Gasteiger partial charge in [0.05, 0.1) is 12.4 Å². The van der Waals surface area contributed by atoms with Crippen LogP contribution >= 0.6 is 11.8 Å². The van der Waals surface area contributed by atoms with E-state index in [-0.39, 0.29) is 0 Å². The summed E-state index contributed by atoms with van der Waals surface area (Å²) in [5.41, 5.74) is 5.02. The molecule has 0 amide bonds. The molecule has 7 nitrogen and oxygen atoms in total. The highest BCUT2D eigenvalue weighted by Crippen LogP contribution is 2.28. The molecule has 1 aliphatic rings. The maximum absolute atomic E-state index is 9.86. The van der Waals surface area contributed by atoms with Crippen LogP contribution < -0.4 is 5.73 Å². The largest absolute Gasteiger partial charge is 0.394 e. The summed E-state index contributed by atoms with van der Waals surface area (Å²) in [6, 6.07) is 0. The van der Waals surface area contributed by atoms with Gasteiger partial charge in [-0.05, 0) is 6.42 Å². The lowest BCUT2D eigenvalue weighted by atomic mass is 10.0. The Bertz CT molecular complexity index is 330. The lowest BCUT2D eigenvalue weighted by molar-refractivity contribution is -0.205. The number of unbranched alkanes of at least 4 members (excludes halogenated alkanes) is 2. The number of ether oxygens (including phenoxy) is 1. The van der Waals surface area contributed by atoms with Gasteiger partial charge in [0.1, 0.15) is 35.7 Å². The number of rotatable bonds is 8. The number of nitrogens with two attached hydrogens (primary N) is 1. The maximum Gasteiger partial charge on any atom is 0.132 e. The highest BCUT2D eigenvalue weighted by atomic mass is 32.2. The molecule has 124 valence electrons. The molecule has 1 saturated heterocycles. The van der Waals surface area contributed by atoms with E-state index >= 15 is 0 Å². The molecule has 0 aromatic heterocycles. The number of amidine groups is 1. The molecule has 21 heavy (non-hydrogen) atoms. The minimum atomic E-state index is -1.35. The average molecular weight is 322 g/mol. The van der Waals surface area contributed by atoms with Crippen LogP contribution in [0.2, 0.25) is 0 Å². The molecular weight excluding hydrogens is 296 g/mol. The summed E-state index contributed by atoms with van der Waals surface area (Å²) in [4.78, 5) is 4.22. The Labute approximate surface area is 129 Å². The Balaban J connectivity index is 2.42. The summed E-state index contributed by atoms with van der Waals surface area (Å²) in [7, 11) is 0. The molecule has 0 radical (unpaired) electrons. The quantitative estimate of drug-likeness (QED) is 0.222. The summed E-state index contributed by atoms with van der Waals surface area (Å²) in [5, 5.41) is 38.3. The van der Waals surface area contributed by atoms with Gasteiger partial charge in [0.2, 0.25) is 0 Å². The fourth-order valence-electron chi connectivity index (χ4n) is 2.00. The van der Waals surface area contributed by atoms with Gasteiger partial charge in [-0.15, -0.1) is 11.8 Å². The zero-order valence-electron chi connectivity index (χ0n) is 12.3. The van der Waals surface area contributed by atoms with E-state index in [9.17, 15) is 15.3 Å². The number of hydrogen-bond acceptors (Lipinski definition) is 7. The van der Waals surface area contributed by atoms with Crippen LogP contribution in [-0.4, -0.2) is 75.0 Å². The molecule has 5 atom stereocenters. The number of thioether (sulfide) groups is 1. The number of hydrogen-bond donors (Lipinski definition) is 5. The molecule has 1 aliphatic heterocycles. The fourth-order valence-corrected chi connectivity index (χ4v) is 3.01. The first-order chi connectivity index (χ1) is 10.0. The lowest BCUT2D eigenvalue weighted by Crippen LogP contribution is -2.57. The van der Waals surface area contributed by atoms with Gasteiger partial charge in [-0.1, -0.05) is 19.8 Å². The molecular formula is C13H26N2O5S. The van der Waals surface area contributed by atoms with Crippen molar-refractivity contribution in [3.63, 3.8) is 0 Å². The van der Waals surface area contributed by atoms with Gasteiger partial charge in [0, 0.05) is 6.54 Å². The predicted molar refractivity (Wildman–Crippen MR) is 82.2 cm³/mol. The zero-order valence-corrected chi connectivity index (χ0v) is 13.1. The molecule has 8 heteroatoms. The number of nitrogens with zero attached hydrogens (tertiary/aromatic N) is 1. The maximum atomic E-state index is 9.86. The first kappa shape index (κ1) is 18.7. The SMILES string of the molecule is CCCCCN=C(N)CSC1OC(CO)[C@H](O)[C@H](O)[C@@H]1O. The third-order valence-electron chi connectivity index (χ3n) is 3.32. The van der Waals surface area contributed by atoms with Crippen LogP contribution in [0.4, 0.5) is 0 Å². The van der Waals surface area contributed by atoms with Gasteiger partial charge >= 0.3 is 0 Å². The summed E-state index contributed by atoms with van der Waals surface area (Å²) in [5.74, 6) is 0.808. The first-order valence-electron chi connectivity index (χ1n) is 7.22. The van der Waals surface area contributed by atoms with Crippen molar-refractivity contribution < 1.29 is 25.2 Å². The van der Waals surface area contributed by atoms with E-state index in [0.717, 1.165) is 19.3 Å². The summed E-state index contributed by atoms with van der Waals surface area (Å²) >= 11 is 1.19. The molecule has 1 rings (SSSR count). The summed E-state index contributed by atoms with van der Waals surface area (Å²) in [6.07, 6.45) is -1.59. The Morgan fingerprint density at radius 2 is 1.90 bits per heavy atom. The van der Waals surface area contributed by atoms with Gasteiger partial charge in [-0.3, -0.25) is 4.99 Å². The molecule has 0 aliphatic carbocycles. The van der Waals surface area contributed by atoms with Gasteiger partial charge in [-0.2, -0.15) is 0 Å². The van der Waals surface area contributed by atoms with E-state index in [4.69, 9.17) is 15.6 Å². The van der Waals surface area contributed by atoms with Crippen molar-refractivity contribution in [2.24, 2.45) is 10.7 Å². The Morgan fingerprint density at radius 3 is 2.52 bits per heavy atom. The topological polar surface area (TPSA) is 129 Å². The van der Waals surface area contributed by atoms with Crippen molar-refractivity contribution in [1.29, 1.82) is 0 Å². The molecule has 0 saturated carbocycles. The second kappa shape index (κ2) is 9.60. The van der Waals surface area contributed by atoms with Crippen molar-refractivity contribution >= 4 is 17.6 Å². The van der Waals surface area contributed by atoms with Gasteiger partial charge in [-0.25, -0.2) is 0 Å². The van der Waals surface area contributed by atoms with E-state index in [1.807, 2.05) is 0 Å². The van der Waals surface area contributed by atoms with E-state index in [0.29, 0.717) is 18.1 Å². The highest BCUT2D eigenvalue weighted by Gasteiger charge is 2.43. The molecule has 1 heterocycles. The molecule has 0 spiro atoms. The fraction of sp³-hybridized carbons (Fsp3) is 0.923. The van der Waals surface area contributed by atoms with E-state index in [1.54, 1.807) is 0 Å². The number of aliphatic hydroxyl groups is 4. The zero-order chi connectivity index (χ0) is 15.8. The van der Waals surface area contributed by atoms with Crippen LogP contribution in [0.15, 0.2) is 4.99 Å². The van der Waals surface area contributed by atoms with Crippen LogP contribution in [0.1, 0.15) is 26.2 Å². The number of aliphatic hydroxyl groups excluding tert-OH is 4. The number of aliphatic imine (C=N–C) groups is 1. The van der Waals surface area contributed by atoms with Crippen LogP contribution in [0.5, 0.6) is 0 Å². The molecule has 1 fully saturated rings. The second-order valence-corrected chi connectivity index (χ2v) is 6.18. The van der Waals surface area contributed by atoms with Crippen LogP contribution in [0.3, 0.4) is 0 Å². The van der Waals surface area contributed by atoms with E-state index in [2.05, 4.69) is 11.9 Å². The second-order valence-electron chi connectivity index (χ2n) is 5.09. The predicted octanol–water partition coefficient (Wildman–Crippen LogP) is -0.933. The molecule has 0 bridgehead atoms. The minimum Gasteiger partial charge on any atom is -0.394 e. The van der Waals surface area contributed by atoms with Gasteiger partial charge in [0.25, 0.3) is 0 Å². The normalized spacial score (nSPS) is 34.1. The molecule has 2 unspecified atom stereocenters. The molecule has 6 N–H and O–H groups in total. The minimum absolute atomic E-state index is 0.356. The van der Waals surface area contributed by atoms with E-state index in [1.165, 1.54) is 11.8 Å². The van der Waals surface area contributed by atoms with Crippen molar-refractivity contribution in [3.05, 3.63) is 0 Å². The van der Waals surface area contributed by atoms with Crippen molar-refractivity contribution in [2.75, 3.05) is 18.9 Å². The summed E-state index contributed by atoms with van der Waals surface area (Å²) < 4.78 is 5.37. The van der Waals surface area contributed by atoms with Crippen LogP contribution in [0.25, 0.3) is 0 Å². The van der Waals surface area contributed by atoms with E-state index < -0.39 is 36.5 Å². The van der Waals surface area contributed by atoms with Crippen molar-refractivity contribution in [1.82, 2.24) is 0 Å². The third kappa shape index (κ3) is 5.72. The first-order valence-corrected chi connectivity index (χ1v) is 8.27. The third-order valence-corrected chi connectivity index (χ3v) is 4.50. The van der Waals surface area contributed by atoms with Crippen LogP contribution in [0, 0.1) is 0 Å². The van der Waals surface area contributed by atoms with Gasteiger partial charge < -0.3 is 30.9 Å².